The molecule has 0 bridgehead atoms. The number of carbonyl (C=O) groups excluding carboxylic acids is 1. The van der Waals surface area contributed by atoms with E-state index in [4.69, 9.17) is 10.3 Å². The van der Waals surface area contributed by atoms with Gasteiger partial charge in [0.05, 0.1) is 6.54 Å². The highest BCUT2D eigenvalue weighted by atomic mass is 16.5. The zero-order chi connectivity index (χ0) is 12.5. The number of amides is 1. The van der Waals surface area contributed by atoms with E-state index in [0.717, 1.165) is 31.8 Å². The van der Waals surface area contributed by atoms with Gasteiger partial charge in [-0.15, -0.1) is 0 Å². The van der Waals surface area contributed by atoms with Gasteiger partial charge < -0.3 is 15.6 Å². The molecule has 2 heterocycles. The van der Waals surface area contributed by atoms with E-state index in [0.29, 0.717) is 24.9 Å². The summed E-state index contributed by atoms with van der Waals surface area (Å²) in [6, 6.07) is -0.296. The lowest BCUT2D eigenvalue weighted by molar-refractivity contribution is -0.124. The minimum Gasteiger partial charge on any atom is -0.368 e. The topological polar surface area (TPSA) is 97.3 Å². The fraction of sp³-hybridized carbons (Fsp3) is 0.727. The van der Waals surface area contributed by atoms with Crippen LogP contribution in [0.3, 0.4) is 0 Å². The molecule has 1 aromatic heterocycles. The number of nitrogens with two attached hydrogens (primary N) is 1. The molecule has 7 heteroatoms. The third kappa shape index (κ3) is 2.37. The van der Waals surface area contributed by atoms with Gasteiger partial charge in [-0.25, -0.2) is 0 Å². The number of hydrogen-bond donors (Lipinski definition) is 2. The fourth-order valence-corrected chi connectivity index (χ4v) is 2.23. The van der Waals surface area contributed by atoms with Crippen molar-refractivity contribution in [2.24, 2.45) is 5.73 Å². The third-order valence-electron chi connectivity index (χ3n) is 3.45. The maximum Gasteiger partial charge on any atom is 0.240 e. The summed E-state index contributed by atoms with van der Waals surface area (Å²) in [7, 11) is 0. The van der Waals surface area contributed by atoms with Crippen LogP contribution in [0.2, 0.25) is 0 Å². The Morgan fingerprint density at radius 3 is 3.11 bits per heavy atom. The Morgan fingerprint density at radius 2 is 2.39 bits per heavy atom. The average molecular weight is 251 g/mol. The second kappa shape index (κ2) is 4.66. The lowest BCUT2D eigenvalue weighted by atomic mass is 10.2. The van der Waals surface area contributed by atoms with Crippen molar-refractivity contribution >= 4 is 5.91 Å². The number of aromatic nitrogens is 2. The Kier molecular flexibility index (Phi) is 3.00. The second-order valence-electron chi connectivity index (χ2n) is 4.91. The van der Waals surface area contributed by atoms with E-state index in [1.807, 2.05) is 4.90 Å². The Morgan fingerprint density at radius 1 is 1.56 bits per heavy atom. The van der Waals surface area contributed by atoms with Crippen LogP contribution in [0.25, 0.3) is 0 Å². The van der Waals surface area contributed by atoms with Crippen LogP contribution in [-0.4, -0.2) is 46.6 Å². The van der Waals surface area contributed by atoms with Gasteiger partial charge in [-0.05, 0) is 12.8 Å². The van der Waals surface area contributed by atoms with E-state index in [1.165, 1.54) is 0 Å². The summed E-state index contributed by atoms with van der Waals surface area (Å²) < 4.78 is 5.22. The normalized spacial score (nSPS) is 25.2. The van der Waals surface area contributed by atoms with Crippen LogP contribution >= 0.6 is 0 Å². The van der Waals surface area contributed by atoms with E-state index in [1.54, 1.807) is 0 Å². The van der Waals surface area contributed by atoms with E-state index < -0.39 is 0 Å². The second-order valence-corrected chi connectivity index (χ2v) is 4.91. The molecular formula is C11H17N5O2. The molecule has 1 unspecified atom stereocenters. The first-order valence-electron chi connectivity index (χ1n) is 6.30. The first-order chi connectivity index (χ1) is 8.74. The van der Waals surface area contributed by atoms with Crippen molar-refractivity contribution in [1.82, 2.24) is 20.4 Å². The molecule has 0 radical (unpaired) electrons. The molecule has 2 fully saturated rings. The standard InChI is InChI=1S/C11H17N5O2/c12-10(17)8-5-13-3-4-16(8)6-9-14-11(15-18-9)7-1-2-7/h7-8,13H,1-6H2,(H2,12,17). The molecular weight excluding hydrogens is 234 g/mol. The first kappa shape index (κ1) is 11.6. The highest BCUT2D eigenvalue weighted by molar-refractivity contribution is 5.80. The minimum atomic E-state index is -0.316. The monoisotopic (exact) mass is 251 g/mol. The van der Waals surface area contributed by atoms with Crippen molar-refractivity contribution in [3.05, 3.63) is 11.7 Å². The zero-order valence-corrected chi connectivity index (χ0v) is 10.1. The summed E-state index contributed by atoms with van der Waals surface area (Å²) in [5.41, 5.74) is 5.39. The molecule has 1 saturated carbocycles. The van der Waals surface area contributed by atoms with Crippen LogP contribution in [0.4, 0.5) is 0 Å². The molecule has 18 heavy (non-hydrogen) atoms. The SMILES string of the molecule is NC(=O)C1CNCCN1Cc1nc(C2CC2)no1. The van der Waals surface area contributed by atoms with Gasteiger partial charge in [0.25, 0.3) is 0 Å². The molecule has 1 amide bonds. The van der Waals surface area contributed by atoms with Crippen LogP contribution in [0.1, 0.15) is 30.5 Å². The number of hydrogen-bond acceptors (Lipinski definition) is 6. The van der Waals surface area contributed by atoms with Crippen molar-refractivity contribution in [1.29, 1.82) is 0 Å². The maximum atomic E-state index is 11.4. The van der Waals surface area contributed by atoms with E-state index in [-0.39, 0.29) is 11.9 Å². The summed E-state index contributed by atoms with van der Waals surface area (Å²) in [5.74, 6) is 1.54. The summed E-state index contributed by atoms with van der Waals surface area (Å²) in [4.78, 5) is 17.7. The number of nitrogens with one attached hydrogen (secondary N) is 1. The van der Waals surface area contributed by atoms with Gasteiger partial charge in [0.1, 0.15) is 6.04 Å². The van der Waals surface area contributed by atoms with Crippen LogP contribution in [-0.2, 0) is 11.3 Å². The van der Waals surface area contributed by atoms with E-state index in [9.17, 15) is 4.79 Å². The Hall–Kier alpha value is -1.47. The molecule has 2 aliphatic rings. The van der Waals surface area contributed by atoms with E-state index >= 15 is 0 Å². The molecule has 98 valence electrons. The van der Waals surface area contributed by atoms with E-state index in [2.05, 4.69) is 15.5 Å². The lowest BCUT2D eigenvalue weighted by Gasteiger charge is -2.32. The predicted molar refractivity (Wildman–Crippen MR) is 62.5 cm³/mol. The first-order valence-corrected chi connectivity index (χ1v) is 6.30. The smallest absolute Gasteiger partial charge is 0.240 e. The quantitative estimate of drug-likeness (QED) is 0.727. The zero-order valence-electron chi connectivity index (χ0n) is 10.1. The van der Waals surface area contributed by atoms with Crippen molar-refractivity contribution < 1.29 is 9.32 Å². The van der Waals surface area contributed by atoms with Crippen molar-refractivity contribution in [3.8, 4) is 0 Å². The number of rotatable bonds is 4. The molecule has 1 aliphatic carbocycles. The van der Waals surface area contributed by atoms with Crippen molar-refractivity contribution in [2.45, 2.75) is 31.3 Å². The Labute approximate surface area is 105 Å². The molecule has 1 aliphatic heterocycles. The molecule has 1 saturated heterocycles. The molecule has 0 spiro atoms. The Balaban J connectivity index is 1.67. The molecule has 3 rings (SSSR count). The van der Waals surface area contributed by atoms with Crippen molar-refractivity contribution in [3.63, 3.8) is 0 Å². The van der Waals surface area contributed by atoms with Crippen LogP contribution in [0.15, 0.2) is 4.52 Å². The average Bonchev–Trinajstić information content (AvgIpc) is 3.11. The fourth-order valence-electron chi connectivity index (χ4n) is 2.23. The highest BCUT2D eigenvalue weighted by Crippen LogP contribution is 2.38. The van der Waals surface area contributed by atoms with Crippen LogP contribution < -0.4 is 11.1 Å². The van der Waals surface area contributed by atoms with Gasteiger partial charge in [-0.2, -0.15) is 4.98 Å². The number of nitrogens with zero attached hydrogens (tertiary/aromatic N) is 3. The highest BCUT2D eigenvalue weighted by Gasteiger charge is 2.31. The molecule has 3 N–H and O–H groups in total. The summed E-state index contributed by atoms with van der Waals surface area (Å²) in [6.07, 6.45) is 2.30. The van der Waals surface area contributed by atoms with Crippen LogP contribution in [0, 0.1) is 0 Å². The Bertz CT molecular complexity index is 442. The number of primary amides is 1. The molecule has 1 aromatic rings. The van der Waals surface area contributed by atoms with Gasteiger partial charge in [0, 0.05) is 25.6 Å². The lowest BCUT2D eigenvalue weighted by Crippen LogP contribution is -2.56. The van der Waals surface area contributed by atoms with Crippen molar-refractivity contribution in [2.75, 3.05) is 19.6 Å². The summed E-state index contributed by atoms with van der Waals surface area (Å²) in [5, 5.41) is 7.13. The summed E-state index contributed by atoms with van der Waals surface area (Å²) in [6.45, 7) is 2.68. The van der Waals surface area contributed by atoms with Gasteiger partial charge in [0.15, 0.2) is 5.82 Å². The molecule has 1 atom stereocenters. The van der Waals surface area contributed by atoms with Gasteiger partial charge in [-0.3, -0.25) is 9.69 Å². The van der Waals surface area contributed by atoms with Crippen LogP contribution in [0.5, 0.6) is 0 Å². The van der Waals surface area contributed by atoms with Gasteiger partial charge in [0.2, 0.25) is 11.8 Å². The third-order valence-corrected chi connectivity index (χ3v) is 3.45. The maximum absolute atomic E-state index is 11.4. The molecule has 0 aromatic carbocycles. The number of piperazine rings is 1. The number of carbonyl (C=O) groups is 1. The van der Waals surface area contributed by atoms with Gasteiger partial charge >= 0.3 is 0 Å². The largest absolute Gasteiger partial charge is 0.368 e. The predicted octanol–water partition coefficient (Wildman–Crippen LogP) is -0.794. The van der Waals surface area contributed by atoms with Gasteiger partial charge in [-0.1, -0.05) is 5.16 Å². The molecule has 7 nitrogen and oxygen atoms in total. The summed E-state index contributed by atoms with van der Waals surface area (Å²) >= 11 is 0. The minimum absolute atomic E-state index is 0.296.